The standard InChI is InChI=1S/C9H9NO5/c1-5(11)6-2-7(9(12)13)4-8(3-6)10(14)15/h2-5,11H,1H3,(H,12,13). The lowest BCUT2D eigenvalue weighted by atomic mass is 10.1. The van der Waals surface area contributed by atoms with Gasteiger partial charge in [0, 0.05) is 12.1 Å². The molecular weight excluding hydrogens is 202 g/mol. The van der Waals surface area contributed by atoms with E-state index in [1.807, 2.05) is 0 Å². The Labute approximate surface area is 84.9 Å². The molecule has 0 saturated carbocycles. The van der Waals surface area contributed by atoms with Crippen LogP contribution in [-0.4, -0.2) is 21.1 Å². The third-order valence-corrected chi connectivity index (χ3v) is 1.88. The van der Waals surface area contributed by atoms with E-state index in [1.54, 1.807) is 0 Å². The molecule has 0 amide bonds. The zero-order chi connectivity index (χ0) is 11.6. The van der Waals surface area contributed by atoms with E-state index >= 15 is 0 Å². The minimum absolute atomic E-state index is 0.208. The van der Waals surface area contributed by atoms with Gasteiger partial charge in [0.1, 0.15) is 0 Å². The molecule has 0 bridgehead atoms. The number of aliphatic hydroxyl groups is 1. The van der Waals surface area contributed by atoms with Gasteiger partial charge in [-0.25, -0.2) is 4.79 Å². The Balaban J connectivity index is 3.32. The number of nitrogens with zero attached hydrogens (tertiary/aromatic N) is 1. The normalized spacial score (nSPS) is 12.1. The van der Waals surface area contributed by atoms with Crippen molar-refractivity contribution in [1.29, 1.82) is 0 Å². The number of aliphatic hydroxyl groups excluding tert-OH is 1. The second-order valence-corrected chi connectivity index (χ2v) is 3.05. The number of non-ortho nitro benzene ring substituents is 1. The smallest absolute Gasteiger partial charge is 0.335 e. The molecule has 1 atom stereocenters. The van der Waals surface area contributed by atoms with Crippen molar-refractivity contribution in [3.63, 3.8) is 0 Å². The van der Waals surface area contributed by atoms with E-state index < -0.39 is 17.0 Å². The van der Waals surface area contributed by atoms with Crippen molar-refractivity contribution in [2.75, 3.05) is 0 Å². The maximum absolute atomic E-state index is 10.6. The molecule has 2 N–H and O–H groups in total. The summed E-state index contributed by atoms with van der Waals surface area (Å²) in [5, 5.41) is 28.4. The first-order valence-electron chi connectivity index (χ1n) is 4.12. The summed E-state index contributed by atoms with van der Waals surface area (Å²) in [7, 11) is 0. The average Bonchev–Trinajstić information content (AvgIpc) is 2.16. The maximum atomic E-state index is 10.6. The zero-order valence-electron chi connectivity index (χ0n) is 7.88. The molecule has 1 rings (SSSR count). The molecule has 1 aromatic rings. The summed E-state index contributed by atoms with van der Waals surface area (Å²) < 4.78 is 0. The highest BCUT2D eigenvalue weighted by Crippen LogP contribution is 2.21. The van der Waals surface area contributed by atoms with E-state index in [0.717, 1.165) is 12.1 Å². The average molecular weight is 211 g/mol. The first-order valence-corrected chi connectivity index (χ1v) is 4.12. The van der Waals surface area contributed by atoms with Gasteiger partial charge in [0.15, 0.2) is 0 Å². The molecule has 0 aliphatic rings. The van der Waals surface area contributed by atoms with Gasteiger partial charge in [-0.1, -0.05) is 0 Å². The predicted molar refractivity (Wildman–Crippen MR) is 50.7 cm³/mol. The number of nitro groups is 1. The van der Waals surface area contributed by atoms with Crippen LogP contribution in [0.1, 0.15) is 28.9 Å². The molecular formula is C9H9NO5. The molecule has 1 aromatic carbocycles. The summed E-state index contributed by atoms with van der Waals surface area (Å²) >= 11 is 0. The quantitative estimate of drug-likeness (QED) is 0.580. The first-order chi connectivity index (χ1) is 6.91. The number of aromatic carboxylic acids is 1. The second-order valence-electron chi connectivity index (χ2n) is 3.05. The van der Waals surface area contributed by atoms with Gasteiger partial charge in [0.05, 0.1) is 16.6 Å². The second kappa shape index (κ2) is 4.05. The lowest BCUT2D eigenvalue weighted by Crippen LogP contribution is -2.02. The summed E-state index contributed by atoms with van der Waals surface area (Å²) in [5.41, 5.74) is -0.340. The van der Waals surface area contributed by atoms with Crippen LogP contribution in [0.4, 0.5) is 5.69 Å². The molecule has 0 aliphatic carbocycles. The Bertz CT molecular complexity index is 381. The van der Waals surface area contributed by atoms with E-state index in [1.165, 1.54) is 13.0 Å². The number of nitro benzene ring substituents is 1. The number of carboxylic acid groups (broad SMARTS) is 1. The monoisotopic (exact) mass is 211 g/mol. The molecule has 1 unspecified atom stereocenters. The highest BCUT2D eigenvalue weighted by atomic mass is 16.6. The fraction of sp³-hybridized carbons (Fsp3) is 0.222. The highest BCUT2D eigenvalue weighted by molar-refractivity contribution is 5.88. The first kappa shape index (κ1) is 11.1. The summed E-state index contributed by atoms with van der Waals surface area (Å²) in [6, 6.07) is 3.31. The highest BCUT2D eigenvalue weighted by Gasteiger charge is 2.15. The van der Waals surface area contributed by atoms with E-state index in [-0.39, 0.29) is 16.8 Å². The van der Waals surface area contributed by atoms with Crippen LogP contribution in [-0.2, 0) is 0 Å². The largest absolute Gasteiger partial charge is 0.478 e. The van der Waals surface area contributed by atoms with Gasteiger partial charge in [0.25, 0.3) is 5.69 Å². The third kappa shape index (κ3) is 2.50. The van der Waals surface area contributed by atoms with Crippen LogP contribution in [0.3, 0.4) is 0 Å². The van der Waals surface area contributed by atoms with Crippen LogP contribution in [0.15, 0.2) is 18.2 Å². The molecule has 0 heterocycles. The molecule has 0 radical (unpaired) electrons. The summed E-state index contributed by atoms with van der Waals surface area (Å²) in [6.45, 7) is 1.41. The molecule has 6 nitrogen and oxygen atoms in total. The summed E-state index contributed by atoms with van der Waals surface area (Å²) in [5.74, 6) is -1.26. The minimum Gasteiger partial charge on any atom is -0.478 e. The molecule has 0 aliphatic heterocycles. The molecule has 0 aromatic heterocycles. The topological polar surface area (TPSA) is 101 Å². The summed E-state index contributed by atoms with van der Waals surface area (Å²) in [4.78, 5) is 20.4. The Morgan fingerprint density at radius 1 is 1.47 bits per heavy atom. The molecule has 6 heteroatoms. The van der Waals surface area contributed by atoms with E-state index in [0.29, 0.717) is 0 Å². The number of carbonyl (C=O) groups is 1. The van der Waals surface area contributed by atoms with Gasteiger partial charge in [0.2, 0.25) is 0 Å². The van der Waals surface area contributed by atoms with E-state index in [2.05, 4.69) is 0 Å². The van der Waals surface area contributed by atoms with Gasteiger partial charge in [-0.05, 0) is 18.6 Å². The molecule has 0 fully saturated rings. The van der Waals surface area contributed by atoms with Crippen molar-refractivity contribution >= 4 is 11.7 Å². The fourth-order valence-electron chi connectivity index (χ4n) is 1.10. The summed E-state index contributed by atoms with van der Waals surface area (Å²) in [6.07, 6.45) is -0.942. The van der Waals surface area contributed by atoms with Crippen LogP contribution in [0.25, 0.3) is 0 Å². The van der Waals surface area contributed by atoms with E-state index in [4.69, 9.17) is 5.11 Å². The molecule has 15 heavy (non-hydrogen) atoms. The van der Waals surface area contributed by atoms with Crippen molar-refractivity contribution < 1.29 is 19.9 Å². The number of rotatable bonds is 3. The maximum Gasteiger partial charge on any atom is 0.335 e. The molecule has 0 spiro atoms. The number of carboxylic acids is 1. The molecule has 80 valence electrons. The van der Waals surface area contributed by atoms with Crippen LogP contribution in [0.2, 0.25) is 0 Å². The Morgan fingerprint density at radius 2 is 2.07 bits per heavy atom. The Hall–Kier alpha value is -1.95. The van der Waals surface area contributed by atoms with Crippen molar-refractivity contribution in [1.82, 2.24) is 0 Å². The zero-order valence-corrected chi connectivity index (χ0v) is 7.88. The van der Waals surface area contributed by atoms with Gasteiger partial charge in [-0.15, -0.1) is 0 Å². The van der Waals surface area contributed by atoms with Crippen LogP contribution in [0, 0.1) is 10.1 Å². The number of hydrogen-bond donors (Lipinski definition) is 2. The van der Waals surface area contributed by atoms with Crippen molar-refractivity contribution in [2.45, 2.75) is 13.0 Å². The van der Waals surface area contributed by atoms with Gasteiger partial charge >= 0.3 is 5.97 Å². The van der Waals surface area contributed by atoms with Gasteiger partial charge in [-0.2, -0.15) is 0 Å². The number of hydrogen-bond acceptors (Lipinski definition) is 4. The van der Waals surface area contributed by atoms with Crippen molar-refractivity contribution in [3.05, 3.63) is 39.4 Å². The SMILES string of the molecule is CC(O)c1cc(C(=O)O)cc([N+](=O)[O-])c1. The van der Waals surface area contributed by atoms with Crippen molar-refractivity contribution in [3.8, 4) is 0 Å². The Kier molecular flexibility index (Phi) is 3.01. The van der Waals surface area contributed by atoms with Gasteiger partial charge in [-0.3, -0.25) is 10.1 Å². The van der Waals surface area contributed by atoms with Crippen LogP contribution < -0.4 is 0 Å². The van der Waals surface area contributed by atoms with E-state index in [9.17, 15) is 20.0 Å². The fourth-order valence-corrected chi connectivity index (χ4v) is 1.10. The van der Waals surface area contributed by atoms with Crippen LogP contribution >= 0.6 is 0 Å². The Morgan fingerprint density at radius 3 is 2.47 bits per heavy atom. The van der Waals surface area contributed by atoms with Gasteiger partial charge < -0.3 is 10.2 Å². The number of benzene rings is 1. The lowest BCUT2D eigenvalue weighted by Gasteiger charge is -2.05. The minimum atomic E-state index is -1.26. The van der Waals surface area contributed by atoms with Crippen molar-refractivity contribution in [2.24, 2.45) is 0 Å². The lowest BCUT2D eigenvalue weighted by molar-refractivity contribution is -0.385. The van der Waals surface area contributed by atoms with Crippen LogP contribution in [0.5, 0.6) is 0 Å². The molecule has 0 saturated heterocycles. The predicted octanol–water partition coefficient (Wildman–Crippen LogP) is 1.35. The third-order valence-electron chi connectivity index (χ3n) is 1.88.